The Kier molecular flexibility index (Phi) is 6.67. The Balaban J connectivity index is 1.62. The predicted octanol–water partition coefficient (Wildman–Crippen LogP) is 8.22. The van der Waals surface area contributed by atoms with Crippen molar-refractivity contribution >= 4 is 17.2 Å². The quantitative estimate of drug-likeness (QED) is 0.207. The lowest BCUT2D eigenvalue weighted by atomic mass is 10.0. The smallest absolute Gasteiger partial charge is 0.138 e. The largest absolute Gasteiger partial charge is 0.497 e. The molecule has 0 atom stereocenters. The van der Waals surface area contributed by atoms with E-state index in [-0.39, 0.29) is 0 Å². The fraction of sp³-hybridized carbons (Fsp3) is 0.0312. The van der Waals surface area contributed by atoms with Crippen molar-refractivity contribution in [2.24, 2.45) is 4.99 Å². The van der Waals surface area contributed by atoms with Gasteiger partial charge in [-0.15, -0.1) is 0 Å². The number of amidine groups is 1. The Hall–Kier alpha value is -4.63. The summed E-state index contributed by atoms with van der Waals surface area (Å²) in [5.74, 6) is 1.57. The van der Waals surface area contributed by atoms with E-state index in [0.29, 0.717) is 0 Å². The third-order valence-electron chi connectivity index (χ3n) is 5.85. The number of ether oxygens (including phenoxy) is 1. The monoisotopic (exact) mass is 454 g/mol. The van der Waals surface area contributed by atoms with Crippen LogP contribution in [-0.2, 0) is 0 Å². The summed E-state index contributed by atoms with van der Waals surface area (Å²) in [6.07, 6.45) is 0. The average molecular weight is 455 g/mol. The molecule has 1 N–H and O–H groups in total. The first-order chi connectivity index (χ1) is 17.3. The van der Waals surface area contributed by atoms with Gasteiger partial charge in [-0.2, -0.15) is 0 Å². The summed E-state index contributed by atoms with van der Waals surface area (Å²) in [4.78, 5) is 5.16. The number of nitrogens with one attached hydrogen (secondary N) is 1. The molecule has 0 spiro atoms. The van der Waals surface area contributed by atoms with Gasteiger partial charge in [0, 0.05) is 22.4 Å². The maximum absolute atomic E-state index is 5.38. The number of nitrogens with zero attached hydrogens (tertiary/aromatic N) is 1. The summed E-state index contributed by atoms with van der Waals surface area (Å²) in [5.41, 5.74) is 7.33. The standard InChI is InChI=1S/C32H26N2O/c1-35-27-22-20-26(21-23-27)32(33-30-18-10-8-16-28(30)24-12-4-2-5-13-24)34-31-19-11-9-17-29(31)25-14-6-3-7-15-25/h2-23H,1H3,(H,33,34). The number of anilines is 1. The van der Waals surface area contributed by atoms with Gasteiger partial charge < -0.3 is 10.1 Å². The topological polar surface area (TPSA) is 33.6 Å². The van der Waals surface area contributed by atoms with Crippen molar-refractivity contribution in [1.82, 2.24) is 0 Å². The van der Waals surface area contributed by atoms with Gasteiger partial charge in [-0.05, 0) is 47.5 Å². The number of hydrogen-bond acceptors (Lipinski definition) is 2. The fourth-order valence-electron chi connectivity index (χ4n) is 4.06. The molecule has 0 aliphatic carbocycles. The van der Waals surface area contributed by atoms with Crippen molar-refractivity contribution < 1.29 is 4.74 Å². The van der Waals surface area contributed by atoms with Gasteiger partial charge in [0.15, 0.2) is 0 Å². The van der Waals surface area contributed by atoms with Gasteiger partial charge in [0.1, 0.15) is 11.6 Å². The van der Waals surface area contributed by atoms with E-state index in [1.54, 1.807) is 7.11 Å². The zero-order valence-electron chi connectivity index (χ0n) is 19.6. The molecule has 170 valence electrons. The summed E-state index contributed by atoms with van der Waals surface area (Å²) in [5, 5.41) is 3.64. The molecule has 0 fully saturated rings. The number of methoxy groups -OCH3 is 1. The molecule has 5 aromatic rings. The molecule has 0 aliphatic rings. The van der Waals surface area contributed by atoms with Crippen molar-refractivity contribution in [1.29, 1.82) is 0 Å². The molecule has 5 aromatic carbocycles. The van der Waals surface area contributed by atoms with Gasteiger partial charge in [0.25, 0.3) is 0 Å². The molecule has 0 radical (unpaired) electrons. The molecule has 3 nitrogen and oxygen atoms in total. The minimum atomic E-state index is 0.763. The highest BCUT2D eigenvalue weighted by Crippen LogP contribution is 2.32. The lowest BCUT2D eigenvalue weighted by molar-refractivity contribution is 0.415. The van der Waals surface area contributed by atoms with Gasteiger partial charge in [0.05, 0.1) is 12.8 Å². The zero-order valence-corrected chi connectivity index (χ0v) is 19.6. The maximum Gasteiger partial charge on any atom is 0.138 e. The van der Waals surface area contributed by atoms with E-state index < -0.39 is 0 Å². The van der Waals surface area contributed by atoms with E-state index in [2.05, 4.69) is 84.2 Å². The van der Waals surface area contributed by atoms with Crippen LogP contribution in [0, 0.1) is 0 Å². The minimum Gasteiger partial charge on any atom is -0.497 e. The number of rotatable bonds is 6. The van der Waals surface area contributed by atoms with E-state index in [1.165, 1.54) is 0 Å². The van der Waals surface area contributed by atoms with Gasteiger partial charge >= 0.3 is 0 Å². The molecule has 0 heterocycles. The van der Waals surface area contributed by atoms with Gasteiger partial charge in [-0.1, -0.05) is 97.1 Å². The second-order valence-corrected chi connectivity index (χ2v) is 8.11. The molecule has 35 heavy (non-hydrogen) atoms. The molecule has 0 unspecified atom stereocenters. The first-order valence-electron chi connectivity index (χ1n) is 11.6. The lowest BCUT2D eigenvalue weighted by Crippen LogP contribution is -2.14. The van der Waals surface area contributed by atoms with Crippen molar-refractivity contribution in [3.05, 3.63) is 139 Å². The molecule has 5 rings (SSSR count). The van der Waals surface area contributed by atoms with Crippen LogP contribution in [-0.4, -0.2) is 12.9 Å². The van der Waals surface area contributed by atoms with E-state index in [1.807, 2.05) is 54.6 Å². The normalized spacial score (nSPS) is 11.2. The second-order valence-electron chi connectivity index (χ2n) is 8.11. The summed E-state index contributed by atoms with van der Waals surface area (Å²) >= 11 is 0. The molecule has 0 aliphatic heterocycles. The SMILES string of the molecule is COc1ccc(C(=Nc2ccccc2-c2ccccc2)Nc2ccccc2-c2ccccc2)cc1. The second kappa shape index (κ2) is 10.5. The van der Waals surface area contributed by atoms with Gasteiger partial charge in [-0.3, -0.25) is 0 Å². The number of hydrogen-bond donors (Lipinski definition) is 1. The van der Waals surface area contributed by atoms with Crippen LogP contribution in [0.4, 0.5) is 11.4 Å². The van der Waals surface area contributed by atoms with E-state index >= 15 is 0 Å². The highest BCUT2D eigenvalue weighted by atomic mass is 16.5. The van der Waals surface area contributed by atoms with Crippen LogP contribution < -0.4 is 10.1 Å². The number of aliphatic imine (C=N–C) groups is 1. The minimum absolute atomic E-state index is 0.763. The highest BCUT2D eigenvalue weighted by Gasteiger charge is 2.12. The van der Waals surface area contributed by atoms with Gasteiger partial charge in [0.2, 0.25) is 0 Å². The van der Waals surface area contributed by atoms with Crippen molar-refractivity contribution in [2.75, 3.05) is 12.4 Å². The molecule has 0 amide bonds. The lowest BCUT2D eigenvalue weighted by Gasteiger charge is -2.16. The summed E-state index contributed by atoms with van der Waals surface area (Å²) in [7, 11) is 1.68. The third kappa shape index (κ3) is 5.15. The van der Waals surface area contributed by atoms with E-state index in [0.717, 1.165) is 50.8 Å². The molecule has 0 aromatic heterocycles. The van der Waals surface area contributed by atoms with E-state index in [4.69, 9.17) is 9.73 Å². The summed E-state index contributed by atoms with van der Waals surface area (Å²) in [6.45, 7) is 0. The van der Waals surface area contributed by atoms with Crippen LogP contribution in [0.5, 0.6) is 5.75 Å². The molecular formula is C32H26N2O. The Morgan fingerprint density at radius 3 is 1.77 bits per heavy atom. The Morgan fingerprint density at radius 1 is 0.571 bits per heavy atom. The van der Waals surface area contributed by atoms with Crippen LogP contribution in [0.2, 0.25) is 0 Å². The van der Waals surface area contributed by atoms with Crippen LogP contribution in [0.15, 0.2) is 138 Å². The first kappa shape index (κ1) is 22.2. The fourth-order valence-corrected chi connectivity index (χ4v) is 4.06. The molecule has 0 saturated heterocycles. The Bertz CT molecular complexity index is 1430. The predicted molar refractivity (Wildman–Crippen MR) is 147 cm³/mol. The molecular weight excluding hydrogens is 428 g/mol. The summed E-state index contributed by atoms with van der Waals surface area (Å²) < 4.78 is 5.38. The molecule has 3 heteroatoms. The van der Waals surface area contributed by atoms with Crippen molar-refractivity contribution in [3.8, 4) is 28.0 Å². The third-order valence-corrected chi connectivity index (χ3v) is 5.85. The van der Waals surface area contributed by atoms with Crippen LogP contribution >= 0.6 is 0 Å². The van der Waals surface area contributed by atoms with Crippen molar-refractivity contribution in [2.45, 2.75) is 0 Å². The number of para-hydroxylation sites is 2. The van der Waals surface area contributed by atoms with E-state index in [9.17, 15) is 0 Å². The highest BCUT2D eigenvalue weighted by molar-refractivity contribution is 6.11. The average Bonchev–Trinajstić information content (AvgIpc) is 2.94. The van der Waals surface area contributed by atoms with Crippen molar-refractivity contribution in [3.63, 3.8) is 0 Å². The Labute approximate surface area is 206 Å². The number of benzene rings is 5. The zero-order chi connectivity index (χ0) is 23.9. The van der Waals surface area contributed by atoms with Crippen LogP contribution in [0.1, 0.15) is 5.56 Å². The molecule has 0 bridgehead atoms. The van der Waals surface area contributed by atoms with Crippen LogP contribution in [0.25, 0.3) is 22.3 Å². The Morgan fingerprint density at radius 2 is 1.11 bits per heavy atom. The maximum atomic E-state index is 5.38. The first-order valence-corrected chi connectivity index (χ1v) is 11.6. The summed E-state index contributed by atoms with van der Waals surface area (Å²) in [6, 6.07) is 45.3. The van der Waals surface area contributed by atoms with Crippen LogP contribution in [0.3, 0.4) is 0 Å². The van der Waals surface area contributed by atoms with Gasteiger partial charge in [-0.25, -0.2) is 4.99 Å². The molecule has 0 saturated carbocycles.